The lowest BCUT2D eigenvalue weighted by atomic mass is 9.94. The molecule has 0 amide bonds. The Morgan fingerprint density at radius 3 is 2.83 bits per heavy atom. The van der Waals surface area contributed by atoms with E-state index < -0.39 is 5.60 Å². The summed E-state index contributed by atoms with van der Waals surface area (Å²) >= 11 is 0. The van der Waals surface area contributed by atoms with Crippen molar-refractivity contribution >= 4 is 0 Å². The highest BCUT2D eigenvalue weighted by Crippen LogP contribution is 2.24. The van der Waals surface area contributed by atoms with Gasteiger partial charge in [-0.05, 0) is 55.8 Å². The SMILES string of the molecule is CCCNCC(C)(O)Cc1ccc2c(c1)CCC2. The molecule has 1 aromatic rings. The van der Waals surface area contributed by atoms with Crippen molar-refractivity contribution in [1.82, 2.24) is 5.32 Å². The zero-order valence-electron chi connectivity index (χ0n) is 11.6. The van der Waals surface area contributed by atoms with Crippen molar-refractivity contribution in [2.75, 3.05) is 13.1 Å². The fourth-order valence-electron chi connectivity index (χ4n) is 2.77. The number of nitrogens with one attached hydrogen (secondary N) is 1. The number of benzene rings is 1. The Kier molecular flexibility index (Phi) is 4.41. The summed E-state index contributed by atoms with van der Waals surface area (Å²) in [6.45, 7) is 5.70. The lowest BCUT2D eigenvalue weighted by Gasteiger charge is -2.24. The van der Waals surface area contributed by atoms with Crippen molar-refractivity contribution in [3.8, 4) is 0 Å². The van der Waals surface area contributed by atoms with Gasteiger partial charge in [0.15, 0.2) is 0 Å². The molecule has 2 rings (SSSR count). The summed E-state index contributed by atoms with van der Waals surface area (Å²) in [5.41, 5.74) is 3.61. The summed E-state index contributed by atoms with van der Waals surface area (Å²) < 4.78 is 0. The van der Waals surface area contributed by atoms with Crippen LogP contribution >= 0.6 is 0 Å². The van der Waals surface area contributed by atoms with Crippen molar-refractivity contribution in [2.24, 2.45) is 0 Å². The predicted molar refractivity (Wildman–Crippen MR) is 76.0 cm³/mol. The highest BCUT2D eigenvalue weighted by atomic mass is 16.3. The van der Waals surface area contributed by atoms with Gasteiger partial charge in [0, 0.05) is 13.0 Å². The standard InChI is InChI=1S/C16H25NO/c1-3-9-17-12-16(2,18)11-13-7-8-14-5-4-6-15(14)10-13/h7-8,10,17-18H,3-6,9,11-12H2,1-2H3. The molecular weight excluding hydrogens is 222 g/mol. The molecule has 1 aliphatic rings. The molecule has 2 N–H and O–H groups in total. The van der Waals surface area contributed by atoms with E-state index in [4.69, 9.17) is 0 Å². The van der Waals surface area contributed by atoms with Crippen LogP contribution in [0.1, 0.15) is 43.4 Å². The average molecular weight is 247 g/mol. The van der Waals surface area contributed by atoms with E-state index in [2.05, 4.69) is 30.4 Å². The van der Waals surface area contributed by atoms with Gasteiger partial charge in [-0.15, -0.1) is 0 Å². The molecule has 2 nitrogen and oxygen atoms in total. The molecule has 0 aromatic heterocycles. The van der Waals surface area contributed by atoms with Crippen LogP contribution < -0.4 is 5.32 Å². The van der Waals surface area contributed by atoms with E-state index in [0.29, 0.717) is 6.54 Å². The number of fused-ring (bicyclic) bond motifs is 1. The summed E-state index contributed by atoms with van der Waals surface area (Å²) in [6.07, 6.45) is 5.56. The van der Waals surface area contributed by atoms with Crippen molar-refractivity contribution in [3.63, 3.8) is 0 Å². The van der Waals surface area contributed by atoms with Crippen LogP contribution in [0.2, 0.25) is 0 Å². The topological polar surface area (TPSA) is 32.3 Å². The van der Waals surface area contributed by atoms with Gasteiger partial charge in [-0.2, -0.15) is 0 Å². The van der Waals surface area contributed by atoms with Gasteiger partial charge in [0.05, 0.1) is 5.60 Å². The first kappa shape index (κ1) is 13.6. The predicted octanol–water partition coefficient (Wildman–Crippen LogP) is 2.47. The highest BCUT2D eigenvalue weighted by Gasteiger charge is 2.21. The van der Waals surface area contributed by atoms with Gasteiger partial charge in [0.1, 0.15) is 0 Å². The maximum Gasteiger partial charge on any atom is 0.0783 e. The highest BCUT2D eigenvalue weighted by molar-refractivity contribution is 5.35. The largest absolute Gasteiger partial charge is 0.389 e. The first-order valence-electron chi connectivity index (χ1n) is 7.14. The molecule has 0 saturated carbocycles. The lowest BCUT2D eigenvalue weighted by molar-refractivity contribution is 0.0603. The molecule has 1 unspecified atom stereocenters. The summed E-state index contributed by atoms with van der Waals surface area (Å²) in [7, 11) is 0. The molecule has 1 aromatic carbocycles. The number of hydrogen-bond acceptors (Lipinski definition) is 2. The Balaban J connectivity index is 1.95. The summed E-state index contributed by atoms with van der Waals surface area (Å²) in [4.78, 5) is 0. The second-order valence-electron chi connectivity index (χ2n) is 5.81. The fourth-order valence-corrected chi connectivity index (χ4v) is 2.77. The second-order valence-corrected chi connectivity index (χ2v) is 5.81. The van der Waals surface area contributed by atoms with Crippen molar-refractivity contribution in [1.29, 1.82) is 0 Å². The van der Waals surface area contributed by atoms with Crippen molar-refractivity contribution in [2.45, 2.75) is 51.6 Å². The fraction of sp³-hybridized carbons (Fsp3) is 0.625. The molecule has 2 heteroatoms. The van der Waals surface area contributed by atoms with Gasteiger partial charge in [-0.25, -0.2) is 0 Å². The molecule has 0 bridgehead atoms. The Hall–Kier alpha value is -0.860. The van der Waals surface area contributed by atoms with Crippen molar-refractivity contribution < 1.29 is 5.11 Å². The van der Waals surface area contributed by atoms with Crippen LogP contribution in [0.3, 0.4) is 0 Å². The quantitative estimate of drug-likeness (QED) is 0.757. The third-order valence-electron chi connectivity index (χ3n) is 3.68. The molecule has 0 heterocycles. The van der Waals surface area contributed by atoms with Crippen LogP contribution in [0.4, 0.5) is 0 Å². The molecule has 100 valence electrons. The Morgan fingerprint density at radius 2 is 2.06 bits per heavy atom. The maximum absolute atomic E-state index is 10.4. The zero-order chi connectivity index (χ0) is 13.0. The van der Waals surface area contributed by atoms with E-state index in [1.807, 2.05) is 6.92 Å². The molecular formula is C16H25NO. The van der Waals surface area contributed by atoms with E-state index in [0.717, 1.165) is 19.4 Å². The van der Waals surface area contributed by atoms with Crippen LogP contribution in [-0.4, -0.2) is 23.8 Å². The average Bonchev–Trinajstić information content (AvgIpc) is 2.75. The molecule has 0 aliphatic heterocycles. The molecule has 1 aliphatic carbocycles. The van der Waals surface area contributed by atoms with Crippen LogP contribution in [0.5, 0.6) is 0 Å². The van der Waals surface area contributed by atoms with Gasteiger partial charge < -0.3 is 10.4 Å². The Labute approximate surface area is 110 Å². The van der Waals surface area contributed by atoms with E-state index in [1.54, 1.807) is 0 Å². The van der Waals surface area contributed by atoms with Crippen LogP contribution in [0, 0.1) is 0 Å². The monoisotopic (exact) mass is 247 g/mol. The number of rotatable bonds is 6. The third-order valence-corrected chi connectivity index (χ3v) is 3.68. The minimum atomic E-state index is -0.651. The summed E-state index contributed by atoms with van der Waals surface area (Å²) in [5, 5.41) is 13.7. The maximum atomic E-state index is 10.4. The van der Waals surface area contributed by atoms with Gasteiger partial charge in [0.25, 0.3) is 0 Å². The third kappa shape index (κ3) is 3.56. The molecule has 1 atom stereocenters. The van der Waals surface area contributed by atoms with E-state index in [9.17, 15) is 5.11 Å². The number of aliphatic hydroxyl groups is 1. The summed E-state index contributed by atoms with van der Waals surface area (Å²) in [5.74, 6) is 0. The zero-order valence-corrected chi connectivity index (χ0v) is 11.6. The van der Waals surface area contributed by atoms with Crippen LogP contribution in [0.25, 0.3) is 0 Å². The molecule has 0 fully saturated rings. The van der Waals surface area contributed by atoms with Gasteiger partial charge in [-0.3, -0.25) is 0 Å². The minimum absolute atomic E-state index is 0.651. The van der Waals surface area contributed by atoms with E-state index in [-0.39, 0.29) is 0 Å². The number of aryl methyl sites for hydroxylation is 2. The van der Waals surface area contributed by atoms with E-state index >= 15 is 0 Å². The second kappa shape index (κ2) is 5.85. The normalized spacial score (nSPS) is 17.5. The molecule has 18 heavy (non-hydrogen) atoms. The minimum Gasteiger partial charge on any atom is -0.389 e. The molecule has 0 radical (unpaired) electrons. The van der Waals surface area contributed by atoms with Gasteiger partial charge in [0.2, 0.25) is 0 Å². The lowest BCUT2D eigenvalue weighted by Crippen LogP contribution is -2.40. The summed E-state index contributed by atoms with van der Waals surface area (Å²) in [6, 6.07) is 6.71. The van der Waals surface area contributed by atoms with Crippen molar-refractivity contribution in [3.05, 3.63) is 34.9 Å². The molecule has 0 saturated heterocycles. The Bertz CT molecular complexity index is 398. The smallest absolute Gasteiger partial charge is 0.0783 e. The first-order chi connectivity index (χ1) is 8.61. The van der Waals surface area contributed by atoms with Gasteiger partial charge >= 0.3 is 0 Å². The number of hydrogen-bond donors (Lipinski definition) is 2. The Morgan fingerprint density at radius 1 is 1.28 bits per heavy atom. The van der Waals surface area contributed by atoms with Crippen LogP contribution in [-0.2, 0) is 19.3 Å². The molecule has 0 spiro atoms. The first-order valence-corrected chi connectivity index (χ1v) is 7.14. The van der Waals surface area contributed by atoms with E-state index in [1.165, 1.54) is 36.0 Å². The van der Waals surface area contributed by atoms with Crippen LogP contribution in [0.15, 0.2) is 18.2 Å². The van der Waals surface area contributed by atoms with Gasteiger partial charge in [-0.1, -0.05) is 25.1 Å².